The minimum Gasteiger partial charge on any atom is -0.493 e. The maximum atomic E-state index is 5.28. The van der Waals surface area contributed by atoms with Gasteiger partial charge in [-0.2, -0.15) is 10.1 Å². The molecule has 0 spiro atoms. The van der Waals surface area contributed by atoms with Crippen LogP contribution in [0.5, 0.6) is 11.5 Å². The maximum absolute atomic E-state index is 5.28. The van der Waals surface area contributed by atoms with Crippen molar-refractivity contribution in [1.82, 2.24) is 20.2 Å². The van der Waals surface area contributed by atoms with E-state index in [9.17, 15) is 0 Å². The second-order valence-electron chi connectivity index (χ2n) is 5.94. The van der Waals surface area contributed by atoms with Crippen LogP contribution in [0.15, 0.2) is 41.5 Å². The lowest BCUT2D eigenvalue weighted by molar-refractivity contribution is 0.355. The number of hydrazone groups is 1. The minimum absolute atomic E-state index is 0.309. The van der Waals surface area contributed by atoms with Gasteiger partial charge in [-0.25, -0.2) is 5.43 Å². The molecule has 0 aliphatic rings. The summed E-state index contributed by atoms with van der Waals surface area (Å²) in [6.07, 6.45) is 1.64. The van der Waals surface area contributed by atoms with Crippen LogP contribution in [0.25, 0.3) is 22.1 Å². The number of H-pyrrole nitrogens is 1. The van der Waals surface area contributed by atoms with Gasteiger partial charge >= 0.3 is 0 Å². The van der Waals surface area contributed by atoms with E-state index in [-0.39, 0.29) is 0 Å². The van der Waals surface area contributed by atoms with Crippen LogP contribution in [0.4, 0.5) is 5.95 Å². The monoisotopic (exact) mass is 362 g/mol. The van der Waals surface area contributed by atoms with Crippen molar-refractivity contribution in [3.63, 3.8) is 0 Å². The Hall–Kier alpha value is -3.68. The summed E-state index contributed by atoms with van der Waals surface area (Å²) in [5.41, 5.74) is 7.20. The van der Waals surface area contributed by atoms with Crippen molar-refractivity contribution in [1.29, 1.82) is 0 Å². The van der Waals surface area contributed by atoms with E-state index < -0.39 is 0 Å². The lowest BCUT2D eigenvalue weighted by Gasteiger charge is -2.07. The van der Waals surface area contributed by atoms with Crippen molar-refractivity contribution in [2.45, 2.75) is 6.92 Å². The van der Waals surface area contributed by atoms with Gasteiger partial charge in [0, 0.05) is 5.39 Å². The molecular formula is C19H18N6O2. The first kappa shape index (κ1) is 16.8. The van der Waals surface area contributed by atoms with E-state index in [1.54, 1.807) is 20.4 Å². The minimum atomic E-state index is 0.309. The summed E-state index contributed by atoms with van der Waals surface area (Å²) in [5.74, 6) is 1.60. The third-order valence-corrected chi connectivity index (χ3v) is 4.24. The van der Waals surface area contributed by atoms with Gasteiger partial charge in [0.25, 0.3) is 5.95 Å². The number of hydrogen-bond donors (Lipinski definition) is 2. The topological polar surface area (TPSA) is 97.3 Å². The molecule has 2 aromatic carbocycles. The van der Waals surface area contributed by atoms with Crippen molar-refractivity contribution in [3.8, 4) is 11.5 Å². The smallest absolute Gasteiger partial charge is 0.265 e. The van der Waals surface area contributed by atoms with Gasteiger partial charge in [0.05, 0.1) is 26.0 Å². The van der Waals surface area contributed by atoms with Gasteiger partial charge in [-0.1, -0.05) is 18.2 Å². The van der Waals surface area contributed by atoms with E-state index in [0.29, 0.717) is 23.1 Å². The number of benzene rings is 2. The van der Waals surface area contributed by atoms with E-state index in [4.69, 9.17) is 9.47 Å². The summed E-state index contributed by atoms with van der Waals surface area (Å²) in [4.78, 5) is 7.73. The van der Waals surface area contributed by atoms with Crippen LogP contribution >= 0.6 is 0 Å². The lowest BCUT2D eigenvalue weighted by Crippen LogP contribution is -1.99. The molecule has 0 saturated heterocycles. The zero-order valence-corrected chi connectivity index (χ0v) is 15.1. The molecule has 0 unspecified atom stereocenters. The summed E-state index contributed by atoms with van der Waals surface area (Å²) >= 11 is 0. The summed E-state index contributed by atoms with van der Waals surface area (Å²) in [5, 5.41) is 13.5. The fraction of sp³-hybridized carbons (Fsp3) is 0.158. The Bertz CT molecular complexity index is 1150. The zero-order valence-electron chi connectivity index (χ0n) is 15.1. The molecule has 0 saturated carbocycles. The number of hydrogen-bond acceptors (Lipinski definition) is 7. The number of nitrogens with one attached hydrogen (secondary N) is 2. The van der Waals surface area contributed by atoms with E-state index in [1.165, 1.54) is 0 Å². The normalized spacial score (nSPS) is 11.4. The first-order valence-corrected chi connectivity index (χ1v) is 8.32. The largest absolute Gasteiger partial charge is 0.493 e. The molecule has 0 bridgehead atoms. The highest BCUT2D eigenvalue weighted by atomic mass is 16.5. The number of methoxy groups -OCH3 is 2. The average Bonchev–Trinajstić information content (AvgIpc) is 3.07. The number of anilines is 1. The van der Waals surface area contributed by atoms with Gasteiger partial charge in [-0.15, -0.1) is 10.2 Å². The van der Waals surface area contributed by atoms with Crippen LogP contribution in [-0.4, -0.2) is 40.6 Å². The first-order chi connectivity index (χ1) is 13.2. The molecule has 8 nitrogen and oxygen atoms in total. The lowest BCUT2D eigenvalue weighted by atomic mass is 10.1. The average molecular weight is 362 g/mol. The van der Waals surface area contributed by atoms with Gasteiger partial charge in [0.15, 0.2) is 17.1 Å². The molecule has 0 aliphatic carbocycles. The van der Waals surface area contributed by atoms with E-state index in [0.717, 1.165) is 27.5 Å². The fourth-order valence-corrected chi connectivity index (χ4v) is 2.89. The highest BCUT2D eigenvalue weighted by Gasteiger charge is 2.10. The number of nitrogens with zero attached hydrogens (tertiary/aromatic N) is 4. The van der Waals surface area contributed by atoms with Crippen molar-refractivity contribution >= 4 is 34.2 Å². The van der Waals surface area contributed by atoms with Crippen LogP contribution < -0.4 is 14.9 Å². The summed E-state index contributed by atoms with van der Waals surface area (Å²) in [7, 11) is 3.19. The Balaban J connectivity index is 1.58. The molecule has 27 heavy (non-hydrogen) atoms. The summed E-state index contributed by atoms with van der Waals surface area (Å²) in [6.45, 7) is 2.04. The molecule has 2 aromatic heterocycles. The van der Waals surface area contributed by atoms with Gasteiger partial charge in [0.2, 0.25) is 0 Å². The molecule has 4 aromatic rings. The Morgan fingerprint density at radius 1 is 1.07 bits per heavy atom. The standard InChI is InChI=1S/C19H18N6O2/c1-11-5-4-6-13-16(11)21-18-17(13)23-25-19(22-18)24-20-10-12-7-8-14(26-2)15(9-12)27-3/h4-10H,1-3H3,(H2,21,22,24,25)/b20-10-. The molecule has 0 amide bonds. The molecule has 0 atom stereocenters. The second kappa shape index (κ2) is 6.91. The van der Waals surface area contributed by atoms with Gasteiger partial charge < -0.3 is 14.5 Å². The third kappa shape index (κ3) is 3.12. The molecular weight excluding hydrogens is 344 g/mol. The summed E-state index contributed by atoms with van der Waals surface area (Å²) in [6, 6.07) is 11.5. The maximum Gasteiger partial charge on any atom is 0.265 e. The van der Waals surface area contributed by atoms with Gasteiger partial charge in [-0.05, 0) is 36.2 Å². The number of aromatic amines is 1. The fourth-order valence-electron chi connectivity index (χ4n) is 2.89. The van der Waals surface area contributed by atoms with Crippen molar-refractivity contribution in [2.75, 3.05) is 19.6 Å². The SMILES string of the molecule is COc1ccc(/C=N\Nc2nnc3c(n2)[nH]c2c(C)cccc23)cc1OC. The van der Waals surface area contributed by atoms with Crippen LogP contribution in [0.2, 0.25) is 0 Å². The van der Waals surface area contributed by atoms with Crippen LogP contribution in [0.1, 0.15) is 11.1 Å². The molecule has 2 heterocycles. The molecule has 8 heteroatoms. The second-order valence-corrected chi connectivity index (χ2v) is 5.94. The Kier molecular flexibility index (Phi) is 4.29. The van der Waals surface area contributed by atoms with Crippen molar-refractivity contribution in [2.24, 2.45) is 5.10 Å². The van der Waals surface area contributed by atoms with Crippen LogP contribution in [-0.2, 0) is 0 Å². The van der Waals surface area contributed by atoms with Gasteiger partial charge in [-0.3, -0.25) is 0 Å². The Morgan fingerprint density at radius 3 is 2.74 bits per heavy atom. The van der Waals surface area contributed by atoms with Crippen molar-refractivity contribution < 1.29 is 9.47 Å². The van der Waals surface area contributed by atoms with Crippen molar-refractivity contribution in [3.05, 3.63) is 47.5 Å². The Labute approximate surface area is 155 Å². The molecule has 4 rings (SSSR count). The number of fused-ring (bicyclic) bond motifs is 3. The summed E-state index contributed by atoms with van der Waals surface area (Å²) < 4.78 is 10.5. The predicted octanol–water partition coefficient (Wildman–Crippen LogP) is 3.28. The highest BCUT2D eigenvalue weighted by molar-refractivity contribution is 6.04. The van der Waals surface area contributed by atoms with E-state index >= 15 is 0 Å². The molecule has 0 radical (unpaired) electrons. The number of aromatic nitrogens is 4. The third-order valence-electron chi connectivity index (χ3n) is 4.24. The number of rotatable bonds is 5. The first-order valence-electron chi connectivity index (χ1n) is 8.32. The van der Waals surface area contributed by atoms with Crippen LogP contribution in [0.3, 0.4) is 0 Å². The predicted molar refractivity (Wildman–Crippen MR) is 105 cm³/mol. The quantitative estimate of drug-likeness (QED) is 0.418. The van der Waals surface area contributed by atoms with Gasteiger partial charge in [0.1, 0.15) is 5.52 Å². The number of aryl methyl sites for hydroxylation is 1. The Morgan fingerprint density at radius 2 is 1.93 bits per heavy atom. The van der Waals surface area contributed by atoms with Crippen LogP contribution in [0, 0.1) is 6.92 Å². The number of para-hydroxylation sites is 1. The zero-order chi connectivity index (χ0) is 18.8. The highest BCUT2D eigenvalue weighted by Crippen LogP contribution is 2.27. The molecule has 0 fully saturated rings. The molecule has 2 N–H and O–H groups in total. The molecule has 0 aliphatic heterocycles. The van der Waals surface area contributed by atoms with E-state index in [1.807, 2.05) is 43.3 Å². The van der Waals surface area contributed by atoms with E-state index in [2.05, 4.69) is 30.7 Å². The number of ether oxygens (including phenoxy) is 2. The molecule has 136 valence electrons.